The van der Waals surface area contributed by atoms with E-state index in [4.69, 9.17) is 9.47 Å². The van der Waals surface area contributed by atoms with Crippen LogP contribution in [-0.2, 0) is 9.53 Å². The molecule has 0 bridgehead atoms. The molecule has 1 aliphatic carbocycles. The Morgan fingerprint density at radius 2 is 1.98 bits per heavy atom. The molecule has 2 saturated heterocycles. The van der Waals surface area contributed by atoms with E-state index >= 15 is 0 Å². The van der Waals surface area contributed by atoms with Crippen LogP contribution in [0, 0.1) is 17.2 Å². The lowest BCUT2D eigenvalue weighted by atomic mass is 9.76. The quantitative estimate of drug-likeness (QED) is 0.325. The van der Waals surface area contributed by atoms with Gasteiger partial charge in [-0.25, -0.2) is 19.3 Å². The number of carbonyl (C=O) groups excluding carboxylic acids is 1. The molecule has 10 nitrogen and oxygen atoms in total. The van der Waals surface area contributed by atoms with Crippen molar-refractivity contribution in [3.63, 3.8) is 0 Å². The van der Waals surface area contributed by atoms with Crippen LogP contribution in [0.15, 0.2) is 37.1 Å². The van der Waals surface area contributed by atoms with Crippen molar-refractivity contribution in [3.8, 4) is 22.8 Å². The molecule has 6 rings (SSSR count). The highest BCUT2D eigenvalue weighted by molar-refractivity contribution is 5.73. The fraction of sp³-hybridized carbons (Fsp3) is 0.533. The fourth-order valence-electron chi connectivity index (χ4n) is 6.41. The van der Waals surface area contributed by atoms with Gasteiger partial charge >= 0.3 is 5.97 Å². The zero-order valence-electron chi connectivity index (χ0n) is 23.8. The molecule has 41 heavy (non-hydrogen) atoms. The lowest BCUT2D eigenvalue weighted by Gasteiger charge is -2.52. The van der Waals surface area contributed by atoms with Crippen LogP contribution in [0.25, 0.3) is 11.1 Å². The third kappa shape index (κ3) is 5.72. The molecular weight excluding hydrogens is 525 g/mol. The van der Waals surface area contributed by atoms with Crippen LogP contribution >= 0.6 is 0 Å². The van der Waals surface area contributed by atoms with Gasteiger partial charge in [0, 0.05) is 67.3 Å². The number of carbonyl (C=O) groups is 1. The smallest absolute Gasteiger partial charge is 0.305 e. The molecule has 1 aromatic carbocycles. The topological polar surface area (TPSA) is 106 Å². The molecule has 3 aliphatic rings. The van der Waals surface area contributed by atoms with Gasteiger partial charge in [0.25, 0.3) is 5.88 Å². The highest BCUT2D eigenvalue weighted by atomic mass is 19.1. The molecule has 0 unspecified atom stereocenters. The molecule has 3 aromatic rings. The van der Waals surface area contributed by atoms with Crippen molar-refractivity contribution < 1.29 is 18.7 Å². The zero-order valence-corrected chi connectivity index (χ0v) is 23.8. The minimum atomic E-state index is -0.363. The van der Waals surface area contributed by atoms with Gasteiger partial charge in [-0.1, -0.05) is 13.8 Å². The zero-order chi connectivity index (χ0) is 28.6. The van der Waals surface area contributed by atoms with Gasteiger partial charge in [0.15, 0.2) is 5.82 Å². The Morgan fingerprint density at radius 3 is 2.73 bits per heavy atom. The average molecular weight is 562 g/mol. The predicted molar refractivity (Wildman–Crippen MR) is 150 cm³/mol. The number of likely N-dealkylation sites (tertiary alicyclic amines) is 1. The molecule has 0 amide bonds. The number of nitrogens with zero attached hydrogens (tertiary/aromatic N) is 7. The SMILES string of the molecule is COC(=O)CC[C@H](C(C)C)N1CC2(CCN(c3ncnnc3Oc3ccc(F)cc3-c3cncnc3C3CC3)C2)C1. The average Bonchev–Trinajstić information content (AvgIpc) is 3.71. The summed E-state index contributed by atoms with van der Waals surface area (Å²) in [5.74, 6) is 1.66. The van der Waals surface area contributed by atoms with E-state index in [0.29, 0.717) is 41.4 Å². The van der Waals surface area contributed by atoms with Crippen LogP contribution in [0.1, 0.15) is 57.6 Å². The van der Waals surface area contributed by atoms with E-state index in [-0.39, 0.29) is 23.1 Å². The van der Waals surface area contributed by atoms with E-state index in [1.54, 1.807) is 12.3 Å². The van der Waals surface area contributed by atoms with Gasteiger partial charge < -0.3 is 14.4 Å². The summed E-state index contributed by atoms with van der Waals surface area (Å²) >= 11 is 0. The molecule has 1 spiro atoms. The maximum absolute atomic E-state index is 14.4. The number of methoxy groups -OCH3 is 1. The molecule has 0 N–H and O–H groups in total. The normalized spacial score (nSPS) is 18.9. The van der Waals surface area contributed by atoms with E-state index in [0.717, 1.165) is 63.1 Å². The minimum absolute atomic E-state index is 0.155. The van der Waals surface area contributed by atoms with Crippen molar-refractivity contribution >= 4 is 11.8 Å². The number of anilines is 1. The van der Waals surface area contributed by atoms with E-state index in [2.05, 4.69) is 48.8 Å². The van der Waals surface area contributed by atoms with Gasteiger partial charge in [-0.2, -0.15) is 0 Å². The number of hydrogen-bond acceptors (Lipinski definition) is 10. The Balaban J connectivity index is 1.19. The Bertz CT molecular complexity index is 1410. The van der Waals surface area contributed by atoms with Gasteiger partial charge in [-0.3, -0.25) is 9.69 Å². The number of hydrogen-bond donors (Lipinski definition) is 0. The van der Waals surface area contributed by atoms with Crippen molar-refractivity contribution in [2.45, 2.75) is 57.9 Å². The first-order valence-electron chi connectivity index (χ1n) is 14.4. The van der Waals surface area contributed by atoms with E-state index in [1.165, 1.54) is 31.9 Å². The van der Waals surface area contributed by atoms with E-state index in [9.17, 15) is 9.18 Å². The summed E-state index contributed by atoms with van der Waals surface area (Å²) in [4.78, 5) is 29.7. The second-order valence-electron chi connectivity index (χ2n) is 11.9. The monoisotopic (exact) mass is 561 g/mol. The van der Waals surface area contributed by atoms with Crippen LogP contribution in [0.3, 0.4) is 0 Å². The van der Waals surface area contributed by atoms with Crippen molar-refractivity contribution in [1.29, 1.82) is 0 Å². The Labute approximate surface area is 239 Å². The summed E-state index contributed by atoms with van der Waals surface area (Å²) in [5, 5.41) is 8.29. The molecule has 1 atom stereocenters. The van der Waals surface area contributed by atoms with Crippen LogP contribution in [0.4, 0.5) is 10.2 Å². The van der Waals surface area contributed by atoms with Gasteiger partial charge in [-0.15, -0.1) is 10.2 Å². The van der Waals surface area contributed by atoms with Crippen LogP contribution in [0.5, 0.6) is 11.6 Å². The predicted octanol–water partition coefficient (Wildman–Crippen LogP) is 4.63. The number of benzene rings is 1. The summed E-state index contributed by atoms with van der Waals surface area (Å²) in [6, 6.07) is 4.79. The third-order valence-electron chi connectivity index (χ3n) is 8.64. The van der Waals surface area contributed by atoms with Crippen molar-refractivity contribution in [3.05, 3.63) is 48.6 Å². The first-order valence-corrected chi connectivity index (χ1v) is 14.4. The molecule has 216 valence electrons. The molecular formula is C30H36FN7O3. The van der Waals surface area contributed by atoms with Crippen LogP contribution in [-0.4, -0.2) is 75.3 Å². The molecule has 2 aromatic heterocycles. The largest absolute Gasteiger partial charge is 0.469 e. The number of esters is 1. The summed E-state index contributed by atoms with van der Waals surface area (Å²) in [5.41, 5.74) is 2.42. The molecule has 2 aliphatic heterocycles. The summed E-state index contributed by atoms with van der Waals surface area (Å²) < 4.78 is 25.6. The molecule has 4 heterocycles. The number of aromatic nitrogens is 5. The minimum Gasteiger partial charge on any atom is -0.469 e. The van der Waals surface area contributed by atoms with Gasteiger partial charge in [0.1, 0.15) is 24.2 Å². The standard InChI is InChI=1S/C30H36FN7O3/c1-19(2)24(7-9-26(39)40-3)38-15-30(16-38)10-11-37(14-30)28-29(36-35-18-34-28)41-25-8-6-21(31)12-22(25)23-13-32-17-33-27(23)20-4-5-20/h6,8,12-13,17-20,24H,4-5,7,9-11,14-16H2,1-3H3/t24-/m1/s1. The molecule has 11 heteroatoms. The second-order valence-corrected chi connectivity index (χ2v) is 11.9. The van der Waals surface area contributed by atoms with Crippen molar-refractivity contribution in [2.75, 3.05) is 38.2 Å². The summed E-state index contributed by atoms with van der Waals surface area (Å²) in [6.45, 7) is 8.03. The third-order valence-corrected chi connectivity index (χ3v) is 8.64. The summed E-state index contributed by atoms with van der Waals surface area (Å²) in [6.07, 6.45) is 9.08. The maximum Gasteiger partial charge on any atom is 0.305 e. The van der Waals surface area contributed by atoms with E-state index < -0.39 is 0 Å². The first-order chi connectivity index (χ1) is 19.9. The maximum atomic E-state index is 14.4. The Hall–Kier alpha value is -3.73. The number of halogens is 1. The van der Waals surface area contributed by atoms with Crippen molar-refractivity contribution in [2.24, 2.45) is 11.3 Å². The lowest BCUT2D eigenvalue weighted by Crippen LogP contribution is -2.62. The van der Waals surface area contributed by atoms with Gasteiger partial charge in [-0.05, 0) is 49.8 Å². The highest BCUT2D eigenvalue weighted by Gasteiger charge is 2.50. The van der Waals surface area contributed by atoms with Gasteiger partial charge in [0.2, 0.25) is 0 Å². The van der Waals surface area contributed by atoms with Gasteiger partial charge in [0.05, 0.1) is 12.8 Å². The number of ether oxygens (including phenoxy) is 2. The van der Waals surface area contributed by atoms with Crippen molar-refractivity contribution in [1.82, 2.24) is 30.0 Å². The van der Waals surface area contributed by atoms with Crippen LogP contribution in [0.2, 0.25) is 0 Å². The summed E-state index contributed by atoms with van der Waals surface area (Å²) in [7, 11) is 1.44. The lowest BCUT2D eigenvalue weighted by molar-refractivity contribution is -0.141. The Kier molecular flexibility index (Phi) is 7.54. The van der Waals surface area contributed by atoms with Crippen LogP contribution < -0.4 is 9.64 Å². The Morgan fingerprint density at radius 1 is 1.15 bits per heavy atom. The molecule has 1 saturated carbocycles. The fourth-order valence-corrected chi connectivity index (χ4v) is 6.41. The second kappa shape index (κ2) is 11.3. The number of rotatable bonds is 10. The first kappa shape index (κ1) is 27.4. The molecule has 0 radical (unpaired) electrons. The molecule has 3 fully saturated rings. The van der Waals surface area contributed by atoms with E-state index in [1.807, 2.05) is 0 Å². The highest BCUT2D eigenvalue weighted by Crippen LogP contribution is 2.47.